The lowest BCUT2D eigenvalue weighted by atomic mass is 10.2. The number of oxazole rings is 1. The Labute approximate surface area is 115 Å². The summed E-state index contributed by atoms with van der Waals surface area (Å²) in [6.07, 6.45) is 2.95. The first-order valence-electron chi connectivity index (χ1n) is 7.19. The molecule has 1 atom stereocenters. The number of morpholine rings is 1. The first kappa shape index (κ1) is 14.5. The molecule has 1 unspecified atom stereocenters. The first-order valence-corrected chi connectivity index (χ1v) is 7.19. The van der Waals surface area contributed by atoms with Gasteiger partial charge in [0.2, 0.25) is 5.89 Å². The smallest absolute Gasteiger partial charge is 0.208 e. The number of aromatic nitrogens is 1. The molecule has 0 spiro atoms. The van der Waals surface area contributed by atoms with Crippen LogP contribution >= 0.6 is 0 Å². The van der Waals surface area contributed by atoms with E-state index in [2.05, 4.69) is 36.0 Å². The molecule has 2 rings (SSSR count). The van der Waals surface area contributed by atoms with Crippen molar-refractivity contribution >= 4 is 0 Å². The molecule has 19 heavy (non-hydrogen) atoms. The van der Waals surface area contributed by atoms with E-state index in [4.69, 9.17) is 9.15 Å². The SMILES string of the molecule is CCc1cnc(CNCC2CN(C(C)C)CCO2)o1. The van der Waals surface area contributed by atoms with Crippen LogP contribution in [0.5, 0.6) is 0 Å². The molecule has 5 nitrogen and oxygen atoms in total. The third-order valence-corrected chi connectivity index (χ3v) is 3.50. The van der Waals surface area contributed by atoms with Gasteiger partial charge in [-0.3, -0.25) is 4.90 Å². The summed E-state index contributed by atoms with van der Waals surface area (Å²) >= 11 is 0. The summed E-state index contributed by atoms with van der Waals surface area (Å²) < 4.78 is 11.3. The Morgan fingerprint density at radius 1 is 1.53 bits per heavy atom. The maximum atomic E-state index is 5.77. The van der Waals surface area contributed by atoms with Crippen LogP contribution < -0.4 is 5.32 Å². The van der Waals surface area contributed by atoms with Gasteiger partial charge in [-0.05, 0) is 13.8 Å². The zero-order valence-corrected chi connectivity index (χ0v) is 12.2. The van der Waals surface area contributed by atoms with Gasteiger partial charge < -0.3 is 14.5 Å². The molecule has 1 aliphatic heterocycles. The lowest BCUT2D eigenvalue weighted by molar-refractivity contribution is -0.0374. The second-order valence-electron chi connectivity index (χ2n) is 5.29. The molecule has 108 valence electrons. The Morgan fingerprint density at radius 2 is 2.37 bits per heavy atom. The number of nitrogens with zero attached hydrogens (tertiary/aromatic N) is 2. The molecule has 0 saturated carbocycles. The predicted molar refractivity (Wildman–Crippen MR) is 74.0 cm³/mol. The lowest BCUT2D eigenvalue weighted by Gasteiger charge is -2.35. The van der Waals surface area contributed by atoms with Crippen molar-refractivity contribution in [3.63, 3.8) is 0 Å². The number of rotatable bonds is 6. The molecule has 1 saturated heterocycles. The molecule has 1 N–H and O–H groups in total. The third-order valence-electron chi connectivity index (χ3n) is 3.50. The highest BCUT2D eigenvalue weighted by Crippen LogP contribution is 2.08. The van der Waals surface area contributed by atoms with E-state index in [-0.39, 0.29) is 6.10 Å². The Kier molecular flexibility index (Phi) is 5.36. The fourth-order valence-corrected chi connectivity index (χ4v) is 2.27. The highest BCUT2D eigenvalue weighted by Gasteiger charge is 2.21. The summed E-state index contributed by atoms with van der Waals surface area (Å²) in [5.41, 5.74) is 0. The summed E-state index contributed by atoms with van der Waals surface area (Å²) in [4.78, 5) is 6.69. The number of hydrogen-bond acceptors (Lipinski definition) is 5. The van der Waals surface area contributed by atoms with Crippen molar-refractivity contribution in [1.29, 1.82) is 0 Å². The van der Waals surface area contributed by atoms with E-state index in [1.54, 1.807) is 6.20 Å². The van der Waals surface area contributed by atoms with E-state index in [0.29, 0.717) is 12.6 Å². The zero-order valence-electron chi connectivity index (χ0n) is 12.2. The first-order chi connectivity index (χ1) is 9.19. The molecule has 0 bridgehead atoms. The second-order valence-corrected chi connectivity index (χ2v) is 5.29. The van der Waals surface area contributed by atoms with Gasteiger partial charge in [0.1, 0.15) is 5.76 Å². The van der Waals surface area contributed by atoms with E-state index < -0.39 is 0 Å². The fraction of sp³-hybridized carbons (Fsp3) is 0.786. The van der Waals surface area contributed by atoms with Gasteiger partial charge in [0.15, 0.2) is 0 Å². The average Bonchev–Trinajstić information content (AvgIpc) is 2.87. The molecular formula is C14H25N3O2. The van der Waals surface area contributed by atoms with Crippen LogP contribution in [0.2, 0.25) is 0 Å². The minimum absolute atomic E-state index is 0.261. The summed E-state index contributed by atoms with van der Waals surface area (Å²) in [7, 11) is 0. The second kappa shape index (κ2) is 7.03. The minimum atomic E-state index is 0.261. The minimum Gasteiger partial charge on any atom is -0.444 e. The van der Waals surface area contributed by atoms with Crippen LogP contribution in [-0.4, -0.2) is 48.3 Å². The van der Waals surface area contributed by atoms with Crippen molar-refractivity contribution in [2.75, 3.05) is 26.2 Å². The van der Waals surface area contributed by atoms with Crippen molar-refractivity contribution < 1.29 is 9.15 Å². The van der Waals surface area contributed by atoms with Gasteiger partial charge >= 0.3 is 0 Å². The van der Waals surface area contributed by atoms with Gasteiger partial charge in [-0.1, -0.05) is 6.92 Å². The van der Waals surface area contributed by atoms with Gasteiger partial charge in [-0.15, -0.1) is 0 Å². The summed E-state index contributed by atoms with van der Waals surface area (Å²) in [6.45, 7) is 10.9. The van der Waals surface area contributed by atoms with Crippen LogP contribution in [-0.2, 0) is 17.7 Å². The summed E-state index contributed by atoms with van der Waals surface area (Å²) in [5.74, 6) is 1.70. The molecule has 0 amide bonds. The van der Waals surface area contributed by atoms with E-state index >= 15 is 0 Å². The predicted octanol–water partition coefficient (Wildman–Crippen LogP) is 1.44. The van der Waals surface area contributed by atoms with Gasteiger partial charge in [-0.25, -0.2) is 4.98 Å². The van der Waals surface area contributed by atoms with Crippen LogP contribution in [0.4, 0.5) is 0 Å². The Balaban J connectivity index is 1.70. The standard InChI is InChI=1S/C14H25N3O2/c1-4-12-8-16-14(19-12)9-15-7-13-10-17(11(2)3)5-6-18-13/h8,11,13,15H,4-7,9-10H2,1-3H3. The third kappa shape index (κ3) is 4.30. The topological polar surface area (TPSA) is 50.5 Å². The fourth-order valence-electron chi connectivity index (χ4n) is 2.27. The molecule has 1 aromatic rings. The van der Waals surface area contributed by atoms with Crippen molar-refractivity contribution in [2.45, 2.75) is 45.9 Å². The van der Waals surface area contributed by atoms with Gasteiger partial charge in [0.25, 0.3) is 0 Å². The average molecular weight is 267 g/mol. The molecule has 0 radical (unpaired) electrons. The van der Waals surface area contributed by atoms with Crippen LogP contribution in [0.1, 0.15) is 32.4 Å². The Morgan fingerprint density at radius 3 is 3.05 bits per heavy atom. The molecule has 1 aliphatic rings. The highest BCUT2D eigenvalue weighted by molar-refractivity contribution is 4.93. The molecule has 1 aromatic heterocycles. The number of aryl methyl sites for hydroxylation is 1. The van der Waals surface area contributed by atoms with Crippen LogP contribution in [0, 0.1) is 0 Å². The molecule has 1 fully saturated rings. The largest absolute Gasteiger partial charge is 0.444 e. The van der Waals surface area contributed by atoms with Crippen molar-refractivity contribution in [1.82, 2.24) is 15.2 Å². The van der Waals surface area contributed by atoms with Crippen molar-refractivity contribution in [3.05, 3.63) is 17.8 Å². The Hall–Kier alpha value is -0.910. The lowest BCUT2D eigenvalue weighted by Crippen LogP contribution is -2.48. The zero-order chi connectivity index (χ0) is 13.7. The Bertz CT molecular complexity index is 379. The van der Waals surface area contributed by atoms with Crippen molar-refractivity contribution in [3.8, 4) is 0 Å². The molecule has 0 aliphatic carbocycles. The van der Waals surface area contributed by atoms with E-state index in [1.807, 2.05) is 0 Å². The molecule has 2 heterocycles. The monoisotopic (exact) mass is 267 g/mol. The van der Waals surface area contributed by atoms with E-state index in [0.717, 1.165) is 44.3 Å². The summed E-state index contributed by atoms with van der Waals surface area (Å²) in [5, 5.41) is 3.36. The van der Waals surface area contributed by atoms with Crippen LogP contribution in [0.25, 0.3) is 0 Å². The summed E-state index contributed by atoms with van der Waals surface area (Å²) in [6, 6.07) is 0.588. The number of ether oxygens (including phenoxy) is 1. The highest BCUT2D eigenvalue weighted by atomic mass is 16.5. The van der Waals surface area contributed by atoms with E-state index in [1.165, 1.54) is 0 Å². The molecule has 5 heteroatoms. The van der Waals surface area contributed by atoms with Gasteiger partial charge in [0.05, 0.1) is 25.5 Å². The number of nitrogens with one attached hydrogen (secondary N) is 1. The maximum Gasteiger partial charge on any atom is 0.208 e. The van der Waals surface area contributed by atoms with Crippen molar-refractivity contribution in [2.24, 2.45) is 0 Å². The van der Waals surface area contributed by atoms with Crippen LogP contribution in [0.3, 0.4) is 0 Å². The number of hydrogen-bond donors (Lipinski definition) is 1. The quantitative estimate of drug-likeness (QED) is 0.845. The van der Waals surface area contributed by atoms with Crippen LogP contribution in [0.15, 0.2) is 10.6 Å². The van der Waals surface area contributed by atoms with Gasteiger partial charge in [-0.2, -0.15) is 0 Å². The molecular weight excluding hydrogens is 242 g/mol. The van der Waals surface area contributed by atoms with Gasteiger partial charge in [0, 0.05) is 32.1 Å². The normalized spacial score (nSPS) is 21.2. The van der Waals surface area contributed by atoms with E-state index in [9.17, 15) is 0 Å². The molecule has 0 aromatic carbocycles. The maximum absolute atomic E-state index is 5.77.